The summed E-state index contributed by atoms with van der Waals surface area (Å²) in [6.45, 7) is 2.06. The summed E-state index contributed by atoms with van der Waals surface area (Å²) >= 11 is 3.41. The van der Waals surface area contributed by atoms with Crippen molar-refractivity contribution >= 4 is 58.4 Å². The van der Waals surface area contributed by atoms with Gasteiger partial charge in [0.2, 0.25) is 17.8 Å². The Kier molecular flexibility index (Phi) is 7.14. The smallest absolute Gasteiger partial charge is 0.233 e. The van der Waals surface area contributed by atoms with E-state index < -0.39 is 0 Å². The minimum atomic E-state index is 0.453. The van der Waals surface area contributed by atoms with Gasteiger partial charge in [-0.25, -0.2) is 0 Å². The number of benzene rings is 3. The zero-order valence-electron chi connectivity index (χ0n) is 18.1. The van der Waals surface area contributed by atoms with E-state index in [9.17, 15) is 0 Å². The van der Waals surface area contributed by atoms with Gasteiger partial charge in [0.15, 0.2) is 0 Å². The first-order chi connectivity index (χ1) is 15.6. The van der Waals surface area contributed by atoms with Crippen LogP contribution >= 0.6 is 23.5 Å². The van der Waals surface area contributed by atoms with E-state index in [1.165, 1.54) is 15.4 Å². The van der Waals surface area contributed by atoms with Crippen LogP contribution in [0.2, 0.25) is 0 Å². The van der Waals surface area contributed by atoms with E-state index in [4.69, 9.17) is 0 Å². The van der Waals surface area contributed by atoms with Gasteiger partial charge < -0.3 is 16.0 Å². The Morgan fingerprint density at radius 2 is 0.812 bits per heavy atom. The third kappa shape index (κ3) is 5.93. The standard InChI is InChI=1S/C24H24N6S2/c1-16-4-6-17(7-5-16)25-22-28-23(26-18-8-12-20(31-2)13-9-18)30-24(29-22)27-19-10-14-21(32-3)15-11-19/h4-15H,1-3H3,(H3,25,26,27,28,29,30). The third-order valence-electron chi connectivity index (χ3n) is 4.64. The van der Waals surface area contributed by atoms with Gasteiger partial charge in [-0.05, 0) is 80.1 Å². The van der Waals surface area contributed by atoms with Crippen LogP contribution in [0.25, 0.3) is 0 Å². The van der Waals surface area contributed by atoms with Gasteiger partial charge >= 0.3 is 0 Å². The van der Waals surface area contributed by atoms with Crippen molar-refractivity contribution < 1.29 is 0 Å². The molecular weight excluding hydrogens is 436 g/mol. The van der Waals surface area contributed by atoms with Crippen molar-refractivity contribution in [3.05, 3.63) is 78.4 Å². The highest BCUT2D eigenvalue weighted by atomic mass is 32.2. The monoisotopic (exact) mass is 460 g/mol. The van der Waals surface area contributed by atoms with Crippen molar-refractivity contribution in [2.24, 2.45) is 0 Å². The molecule has 4 aromatic rings. The Morgan fingerprint density at radius 3 is 1.12 bits per heavy atom. The maximum absolute atomic E-state index is 4.57. The first kappa shape index (κ1) is 22.0. The molecule has 1 heterocycles. The van der Waals surface area contributed by atoms with Crippen LogP contribution in [0.3, 0.4) is 0 Å². The van der Waals surface area contributed by atoms with Crippen molar-refractivity contribution in [2.45, 2.75) is 16.7 Å². The first-order valence-corrected chi connectivity index (χ1v) is 12.5. The van der Waals surface area contributed by atoms with Crippen LogP contribution in [0, 0.1) is 6.92 Å². The summed E-state index contributed by atoms with van der Waals surface area (Å²) < 4.78 is 0. The van der Waals surface area contributed by atoms with Gasteiger partial charge in [-0.1, -0.05) is 17.7 Å². The first-order valence-electron chi connectivity index (χ1n) is 10.0. The van der Waals surface area contributed by atoms with Gasteiger partial charge in [-0.15, -0.1) is 23.5 Å². The average molecular weight is 461 g/mol. The fraction of sp³-hybridized carbons (Fsp3) is 0.125. The fourth-order valence-corrected chi connectivity index (χ4v) is 3.73. The predicted molar refractivity (Wildman–Crippen MR) is 137 cm³/mol. The largest absolute Gasteiger partial charge is 0.324 e. The number of rotatable bonds is 8. The van der Waals surface area contributed by atoms with E-state index in [0.29, 0.717) is 17.8 Å². The predicted octanol–water partition coefficient (Wildman–Crippen LogP) is 6.85. The molecule has 0 unspecified atom stereocenters. The number of nitrogens with zero attached hydrogens (tertiary/aromatic N) is 3. The molecule has 4 rings (SSSR count). The van der Waals surface area contributed by atoms with Crippen LogP contribution in [0.1, 0.15) is 5.56 Å². The Balaban J connectivity index is 1.62. The van der Waals surface area contributed by atoms with E-state index in [2.05, 4.69) is 74.6 Å². The molecule has 3 N–H and O–H groups in total. The normalized spacial score (nSPS) is 10.6. The van der Waals surface area contributed by atoms with Crippen LogP contribution in [-0.2, 0) is 0 Å². The molecule has 0 aliphatic heterocycles. The summed E-state index contributed by atoms with van der Waals surface area (Å²) in [6.07, 6.45) is 4.11. The topological polar surface area (TPSA) is 74.8 Å². The highest BCUT2D eigenvalue weighted by molar-refractivity contribution is 7.98. The van der Waals surface area contributed by atoms with E-state index in [1.54, 1.807) is 23.5 Å². The molecule has 0 aliphatic rings. The van der Waals surface area contributed by atoms with Crippen molar-refractivity contribution in [1.29, 1.82) is 0 Å². The van der Waals surface area contributed by atoms with Crippen LogP contribution in [0.15, 0.2) is 82.6 Å². The van der Waals surface area contributed by atoms with E-state index in [0.717, 1.165) is 17.1 Å². The molecule has 32 heavy (non-hydrogen) atoms. The number of hydrogen-bond donors (Lipinski definition) is 3. The van der Waals surface area contributed by atoms with Crippen molar-refractivity contribution in [3.8, 4) is 0 Å². The molecular formula is C24H24N6S2. The van der Waals surface area contributed by atoms with Crippen molar-refractivity contribution in [1.82, 2.24) is 15.0 Å². The summed E-state index contributed by atoms with van der Waals surface area (Å²) in [5, 5.41) is 9.83. The molecule has 0 radical (unpaired) electrons. The lowest BCUT2D eigenvalue weighted by molar-refractivity contribution is 1.06. The number of anilines is 6. The SMILES string of the molecule is CSc1ccc(Nc2nc(Nc3ccc(C)cc3)nc(Nc3ccc(SC)cc3)n2)cc1. The Labute approximate surface area is 196 Å². The van der Waals surface area contributed by atoms with Crippen molar-refractivity contribution in [2.75, 3.05) is 28.5 Å². The minimum Gasteiger partial charge on any atom is -0.324 e. The maximum Gasteiger partial charge on any atom is 0.233 e. The zero-order valence-corrected chi connectivity index (χ0v) is 19.7. The molecule has 0 aliphatic carbocycles. The molecule has 0 amide bonds. The van der Waals surface area contributed by atoms with Gasteiger partial charge in [0.05, 0.1) is 0 Å². The molecule has 0 spiro atoms. The summed E-state index contributed by atoms with van der Waals surface area (Å²) in [7, 11) is 0. The number of hydrogen-bond acceptors (Lipinski definition) is 8. The lowest BCUT2D eigenvalue weighted by atomic mass is 10.2. The molecule has 3 aromatic carbocycles. The highest BCUT2D eigenvalue weighted by Crippen LogP contribution is 2.24. The van der Waals surface area contributed by atoms with Gasteiger partial charge in [0, 0.05) is 26.9 Å². The van der Waals surface area contributed by atoms with E-state index in [1.807, 2.05) is 48.5 Å². The maximum atomic E-state index is 4.57. The Bertz CT molecular complexity index is 1090. The quantitative estimate of drug-likeness (QED) is 0.246. The van der Waals surface area contributed by atoms with Crippen LogP contribution < -0.4 is 16.0 Å². The Morgan fingerprint density at radius 1 is 0.500 bits per heavy atom. The Hall–Kier alpha value is -3.23. The van der Waals surface area contributed by atoms with E-state index in [-0.39, 0.29) is 0 Å². The molecule has 0 fully saturated rings. The summed E-state index contributed by atoms with van der Waals surface area (Å²) in [5.74, 6) is 1.36. The number of aromatic nitrogens is 3. The molecule has 1 aromatic heterocycles. The molecule has 0 bridgehead atoms. The second-order valence-corrected chi connectivity index (χ2v) is 8.76. The van der Waals surface area contributed by atoms with Gasteiger partial charge in [0.25, 0.3) is 0 Å². The molecule has 0 atom stereocenters. The highest BCUT2D eigenvalue weighted by Gasteiger charge is 2.09. The lowest BCUT2D eigenvalue weighted by Gasteiger charge is -2.12. The van der Waals surface area contributed by atoms with E-state index >= 15 is 0 Å². The van der Waals surface area contributed by atoms with Gasteiger partial charge in [-0.2, -0.15) is 15.0 Å². The minimum absolute atomic E-state index is 0.453. The molecule has 0 saturated heterocycles. The van der Waals surface area contributed by atoms with Crippen LogP contribution in [-0.4, -0.2) is 27.5 Å². The summed E-state index contributed by atoms with van der Waals surface area (Å²) in [6, 6.07) is 24.4. The second-order valence-electron chi connectivity index (χ2n) is 7.00. The number of aryl methyl sites for hydroxylation is 1. The van der Waals surface area contributed by atoms with Gasteiger partial charge in [-0.3, -0.25) is 0 Å². The second kappa shape index (κ2) is 10.4. The number of thioether (sulfide) groups is 2. The molecule has 0 saturated carbocycles. The molecule has 6 nitrogen and oxygen atoms in total. The van der Waals surface area contributed by atoms with Crippen LogP contribution in [0.5, 0.6) is 0 Å². The average Bonchev–Trinajstić information content (AvgIpc) is 2.81. The van der Waals surface area contributed by atoms with Crippen LogP contribution in [0.4, 0.5) is 34.9 Å². The van der Waals surface area contributed by atoms with Gasteiger partial charge in [0.1, 0.15) is 0 Å². The summed E-state index contributed by atoms with van der Waals surface area (Å²) in [5.41, 5.74) is 3.92. The fourth-order valence-electron chi connectivity index (χ4n) is 2.92. The number of nitrogens with one attached hydrogen (secondary N) is 3. The summed E-state index contributed by atoms with van der Waals surface area (Å²) in [4.78, 5) is 16.1. The zero-order chi connectivity index (χ0) is 22.3. The molecule has 162 valence electrons. The molecule has 8 heteroatoms. The van der Waals surface area contributed by atoms with Crippen molar-refractivity contribution in [3.63, 3.8) is 0 Å². The lowest BCUT2D eigenvalue weighted by Crippen LogP contribution is -2.07. The third-order valence-corrected chi connectivity index (χ3v) is 6.12.